The lowest BCUT2D eigenvalue weighted by molar-refractivity contribution is -0.119. The standard InChI is InChI=1S/C22H15FN2O4/c23-16-7-2-4-9-18(16)25-21(26)13-29-22(27)15-12-19(20-10-5-11-28-20)24-17-8-3-1-6-14(15)17/h1-12H,13H2,(H,25,26). The molecule has 7 heteroatoms. The SMILES string of the molecule is O=C(COC(=O)c1cc(-c2ccco2)nc2ccccc12)Nc1ccccc1F. The van der Waals surface area contributed by atoms with E-state index in [1.54, 1.807) is 48.5 Å². The van der Waals surface area contributed by atoms with E-state index in [0.29, 0.717) is 22.4 Å². The molecule has 0 atom stereocenters. The zero-order chi connectivity index (χ0) is 20.2. The monoisotopic (exact) mass is 390 g/mol. The highest BCUT2D eigenvalue weighted by Gasteiger charge is 2.17. The fraction of sp³-hybridized carbons (Fsp3) is 0.0455. The molecule has 1 amide bonds. The van der Waals surface area contributed by atoms with E-state index in [2.05, 4.69) is 10.3 Å². The number of fused-ring (bicyclic) bond motifs is 1. The van der Waals surface area contributed by atoms with Crippen LogP contribution in [0.5, 0.6) is 0 Å². The number of amides is 1. The van der Waals surface area contributed by atoms with Crippen LogP contribution in [0.15, 0.2) is 77.4 Å². The van der Waals surface area contributed by atoms with Crippen molar-refractivity contribution in [3.63, 3.8) is 0 Å². The number of pyridine rings is 1. The molecule has 0 spiro atoms. The van der Waals surface area contributed by atoms with Crippen LogP contribution in [0.25, 0.3) is 22.4 Å². The molecule has 2 aromatic heterocycles. The van der Waals surface area contributed by atoms with Gasteiger partial charge in [0.1, 0.15) is 11.5 Å². The number of benzene rings is 2. The van der Waals surface area contributed by atoms with Gasteiger partial charge in [0.25, 0.3) is 5.91 Å². The van der Waals surface area contributed by atoms with Gasteiger partial charge in [-0.3, -0.25) is 4.79 Å². The molecule has 1 N–H and O–H groups in total. The highest BCUT2D eigenvalue weighted by Crippen LogP contribution is 2.25. The number of furan rings is 1. The second kappa shape index (κ2) is 7.93. The van der Waals surface area contributed by atoms with Gasteiger partial charge in [-0.2, -0.15) is 0 Å². The minimum absolute atomic E-state index is 0.0167. The lowest BCUT2D eigenvalue weighted by atomic mass is 10.1. The third-order valence-electron chi connectivity index (χ3n) is 4.19. The number of rotatable bonds is 5. The molecule has 0 radical (unpaired) electrons. The van der Waals surface area contributed by atoms with Gasteiger partial charge in [0.05, 0.1) is 23.0 Å². The van der Waals surface area contributed by atoms with E-state index < -0.39 is 24.3 Å². The maximum Gasteiger partial charge on any atom is 0.339 e. The van der Waals surface area contributed by atoms with Crippen LogP contribution >= 0.6 is 0 Å². The smallest absolute Gasteiger partial charge is 0.339 e. The maximum absolute atomic E-state index is 13.6. The summed E-state index contributed by atoms with van der Waals surface area (Å²) in [5.74, 6) is -1.41. The predicted molar refractivity (Wildman–Crippen MR) is 105 cm³/mol. The number of nitrogens with zero attached hydrogens (tertiary/aromatic N) is 1. The largest absolute Gasteiger partial charge is 0.463 e. The Balaban J connectivity index is 1.55. The lowest BCUT2D eigenvalue weighted by Gasteiger charge is -2.10. The van der Waals surface area contributed by atoms with Crippen LogP contribution in [0.4, 0.5) is 10.1 Å². The first-order chi connectivity index (χ1) is 14.1. The molecule has 0 aliphatic heterocycles. The summed E-state index contributed by atoms with van der Waals surface area (Å²) in [6.45, 7) is -0.556. The first kappa shape index (κ1) is 18.4. The average Bonchev–Trinajstić information content (AvgIpc) is 3.28. The van der Waals surface area contributed by atoms with Crippen molar-refractivity contribution in [1.82, 2.24) is 4.98 Å². The first-order valence-electron chi connectivity index (χ1n) is 8.77. The minimum Gasteiger partial charge on any atom is -0.463 e. The molecule has 0 unspecified atom stereocenters. The van der Waals surface area contributed by atoms with Crippen molar-refractivity contribution < 1.29 is 23.1 Å². The van der Waals surface area contributed by atoms with Crippen molar-refractivity contribution in [3.05, 3.63) is 84.4 Å². The number of anilines is 1. The van der Waals surface area contributed by atoms with E-state index in [9.17, 15) is 14.0 Å². The summed E-state index contributed by atoms with van der Waals surface area (Å²) in [4.78, 5) is 29.2. The summed E-state index contributed by atoms with van der Waals surface area (Å²) in [5, 5.41) is 2.95. The molecule has 4 rings (SSSR count). The van der Waals surface area contributed by atoms with Crippen LogP contribution < -0.4 is 5.32 Å². The van der Waals surface area contributed by atoms with Gasteiger partial charge in [-0.1, -0.05) is 30.3 Å². The highest BCUT2D eigenvalue weighted by atomic mass is 19.1. The summed E-state index contributed by atoms with van der Waals surface area (Å²) in [5.41, 5.74) is 1.32. The van der Waals surface area contributed by atoms with Crippen LogP contribution in [-0.2, 0) is 9.53 Å². The van der Waals surface area contributed by atoms with Gasteiger partial charge in [-0.15, -0.1) is 0 Å². The zero-order valence-corrected chi connectivity index (χ0v) is 15.1. The number of carbonyl (C=O) groups is 2. The zero-order valence-electron chi connectivity index (χ0n) is 15.1. The summed E-state index contributed by atoms with van der Waals surface area (Å²) in [7, 11) is 0. The van der Waals surface area contributed by atoms with E-state index in [4.69, 9.17) is 9.15 Å². The summed E-state index contributed by atoms with van der Waals surface area (Å²) < 4.78 is 24.1. The molecule has 29 heavy (non-hydrogen) atoms. The Hall–Kier alpha value is -4.00. The molecule has 6 nitrogen and oxygen atoms in total. The molecule has 0 fully saturated rings. The van der Waals surface area contributed by atoms with E-state index in [-0.39, 0.29) is 11.3 Å². The van der Waals surface area contributed by atoms with E-state index in [1.807, 2.05) is 0 Å². The number of hydrogen-bond acceptors (Lipinski definition) is 5. The van der Waals surface area contributed by atoms with Gasteiger partial charge in [-0.25, -0.2) is 14.2 Å². The molecule has 0 aliphatic rings. The molecule has 2 heterocycles. The second-order valence-electron chi connectivity index (χ2n) is 6.15. The Morgan fingerprint density at radius 2 is 1.83 bits per heavy atom. The third kappa shape index (κ3) is 3.98. The lowest BCUT2D eigenvalue weighted by Crippen LogP contribution is -2.21. The molecular weight excluding hydrogens is 375 g/mol. The second-order valence-corrected chi connectivity index (χ2v) is 6.15. The number of halogens is 1. The normalized spacial score (nSPS) is 10.7. The Kier molecular flexibility index (Phi) is 5.03. The Morgan fingerprint density at radius 1 is 1.03 bits per heavy atom. The van der Waals surface area contributed by atoms with Crippen LogP contribution in [0, 0.1) is 5.82 Å². The fourth-order valence-corrected chi connectivity index (χ4v) is 2.85. The summed E-state index contributed by atoms with van der Waals surface area (Å²) >= 11 is 0. The number of aromatic nitrogens is 1. The van der Waals surface area contributed by atoms with Crippen molar-refractivity contribution in [2.45, 2.75) is 0 Å². The number of esters is 1. The minimum atomic E-state index is -0.694. The Bertz CT molecular complexity index is 1190. The van der Waals surface area contributed by atoms with Crippen LogP contribution in [0.2, 0.25) is 0 Å². The number of ether oxygens (including phenoxy) is 1. The third-order valence-corrected chi connectivity index (χ3v) is 4.19. The van der Waals surface area contributed by atoms with Crippen molar-refractivity contribution in [2.24, 2.45) is 0 Å². The number of hydrogen-bond donors (Lipinski definition) is 1. The van der Waals surface area contributed by atoms with Crippen LogP contribution in [0.1, 0.15) is 10.4 Å². The van der Waals surface area contributed by atoms with Gasteiger partial charge in [-0.05, 0) is 36.4 Å². The first-order valence-corrected chi connectivity index (χ1v) is 8.77. The Morgan fingerprint density at radius 3 is 2.62 bits per heavy atom. The van der Waals surface area contributed by atoms with Crippen LogP contribution in [0.3, 0.4) is 0 Å². The van der Waals surface area contributed by atoms with Gasteiger partial charge < -0.3 is 14.5 Å². The summed E-state index contributed by atoms with van der Waals surface area (Å²) in [6, 6.07) is 17.8. The van der Waals surface area contributed by atoms with Gasteiger partial charge in [0.15, 0.2) is 12.4 Å². The van der Waals surface area contributed by atoms with Crippen molar-refractivity contribution in [2.75, 3.05) is 11.9 Å². The molecular formula is C22H15FN2O4. The fourth-order valence-electron chi connectivity index (χ4n) is 2.85. The van der Waals surface area contributed by atoms with Gasteiger partial charge >= 0.3 is 5.97 Å². The van der Waals surface area contributed by atoms with Crippen molar-refractivity contribution in [3.8, 4) is 11.5 Å². The van der Waals surface area contributed by atoms with Gasteiger partial charge in [0, 0.05) is 5.39 Å². The Labute approximate surface area is 164 Å². The van der Waals surface area contributed by atoms with Gasteiger partial charge in [0.2, 0.25) is 0 Å². The molecule has 144 valence electrons. The van der Waals surface area contributed by atoms with E-state index >= 15 is 0 Å². The maximum atomic E-state index is 13.6. The molecule has 0 bridgehead atoms. The average molecular weight is 390 g/mol. The quantitative estimate of drug-likeness (QED) is 0.510. The molecule has 0 saturated heterocycles. The molecule has 0 saturated carbocycles. The molecule has 4 aromatic rings. The number of carbonyl (C=O) groups excluding carboxylic acids is 2. The van der Waals surface area contributed by atoms with E-state index in [1.165, 1.54) is 24.5 Å². The number of nitrogens with one attached hydrogen (secondary N) is 1. The summed E-state index contributed by atoms with van der Waals surface area (Å²) in [6.07, 6.45) is 1.51. The molecule has 0 aliphatic carbocycles. The van der Waals surface area contributed by atoms with Crippen LogP contribution in [-0.4, -0.2) is 23.5 Å². The number of para-hydroxylation sites is 2. The van der Waals surface area contributed by atoms with Crippen molar-refractivity contribution >= 4 is 28.5 Å². The predicted octanol–water partition coefficient (Wildman–Crippen LogP) is 4.43. The van der Waals surface area contributed by atoms with E-state index in [0.717, 1.165) is 0 Å². The molecule has 2 aromatic carbocycles. The topological polar surface area (TPSA) is 81.4 Å². The highest BCUT2D eigenvalue weighted by molar-refractivity contribution is 6.05. The van der Waals surface area contributed by atoms with Crippen molar-refractivity contribution in [1.29, 1.82) is 0 Å².